The van der Waals surface area contributed by atoms with E-state index in [2.05, 4.69) is 4.84 Å². The van der Waals surface area contributed by atoms with E-state index in [-0.39, 0.29) is 10.0 Å². The zero-order chi connectivity index (χ0) is 13.2. The molecule has 0 radical (unpaired) electrons. The maximum atomic E-state index is 11.2. The van der Waals surface area contributed by atoms with Crippen LogP contribution in [-0.4, -0.2) is 50.4 Å². The second-order valence-corrected chi connectivity index (χ2v) is 2.87. The number of carbonyl (C=O) groups excluding carboxylic acids is 1. The number of rotatable bonds is 4. The molecule has 2 amide bonds. The predicted molar refractivity (Wildman–Crippen MR) is 44.7 cm³/mol. The maximum Gasteiger partial charge on any atom is 0.435 e. The summed E-state index contributed by atoms with van der Waals surface area (Å²) in [5, 5.41) is 26.9. The fourth-order valence-corrected chi connectivity index (χ4v) is 1.19. The highest BCUT2D eigenvalue weighted by Gasteiger charge is 2.46. The lowest BCUT2D eigenvalue weighted by molar-refractivity contribution is -0.777. The zero-order valence-corrected chi connectivity index (χ0v) is 7.99. The fourth-order valence-electron chi connectivity index (χ4n) is 1.19. The first-order valence-electron chi connectivity index (χ1n) is 4.01. The molecule has 0 aromatic heterocycles. The van der Waals surface area contributed by atoms with Gasteiger partial charge in [0.2, 0.25) is 0 Å². The summed E-state index contributed by atoms with van der Waals surface area (Å²) in [6, 6.07) is -1.48. The van der Waals surface area contributed by atoms with Crippen molar-refractivity contribution in [1.29, 1.82) is 0 Å². The third kappa shape index (κ3) is 2.64. The Labute approximate surface area is 91.5 Å². The molecule has 13 heteroatoms. The summed E-state index contributed by atoms with van der Waals surface area (Å²) >= 11 is 0. The average Bonchev–Trinajstić information content (AvgIpc) is 2.18. The van der Waals surface area contributed by atoms with Gasteiger partial charge in [-0.2, -0.15) is 0 Å². The summed E-state index contributed by atoms with van der Waals surface area (Å²) in [4.78, 5) is 46.0. The standard InChI is InChI=1S/C4H5N5O8/c10-4-5(7(11)12)1-3(17-9(15)16)2-6(4)8(13)14/h3H,1-2H2. The molecule has 0 saturated carbocycles. The minimum absolute atomic E-state index is 0.125. The number of hydrogen-bond acceptors (Lipinski definition) is 8. The van der Waals surface area contributed by atoms with Crippen LogP contribution in [0.15, 0.2) is 0 Å². The van der Waals surface area contributed by atoms with Crippen LogP contribution in [-0.2, 0) is 4.84 Å². The van der Waals surface area contributed by atoms with Gasteiger partial charge >= 0.3 is 6.03 Å². The minimum Gasteiger partial charge on any atom is -0.306 e. The van der Waals surface area contributed by atoms with E-state index in [1.807, 2.05) is 0 Å². The monoisotopic (exact) mass is 251 g/mol. The molecule has 0 aromatic carbocycles. The van der Waals surface area contributed by atoms with Gasteiger partial charge in [-0.15, -0.1) is 10.1 Å². The van der Waals surface area contributed by atoms with Gasteiger partial charge in [0.25, 0.3) is 5.09 Å². The Bertz CT molecular complexity index is 356. The molecular formula is C4H5N5O8. The van der Waals surface area contributed by atoms with Gasteiger partial charge in [-0.05, 0) is 10.0 Å². The van der Waals surface area contributed by atoms with E-state index in [1.165, 1.54) is 0 Å². The fraction of sp³-hybridized carbons (Fsp3) is 0.750. The Balaban J connectivity index is 2.88. The molecule has 1 heterocycles. The Morgan fingerprint density at radius 1 is 1.06 bits per heavy atom. The van der Waals surface area contributed by atoms with Crippen molar-refractivity contribution in [3.8, 4) is 0 Å². The van der Waals surface area contributed by atoms with Crippen molar-refractivity contribution in [2.45, 2.75) is 6.10 Å². The third-order valence-electron chi connectivity index (χ3n) is 1.82. The summed E-state index contributed by atoms with van der Waals surface area (Å²) in [5.41, 5.74) is 0. The Hall–Kier alpha value is -2.73. The smallest absolute Gasteiger partial charge is 0.306 e. The first kappa shape index (κ1) is 12.3. The van der Waals surface area contributed by atoms with Crippen LogP contribution in [0.5, 0.6) is 0 Å². The molecule has 0 spiro atoms. The molecule has 1 rings (SSSR count). The van der Waals surface area contributed by atoms with Crippen LogP contribution >= 0.6 is 0 Å². The largest absolute Gasteiger partial charge is 0.435 e. The first-order valence-corrected chi connectivity index (χ1v) is 4.01. The highest BCUT2D eigenvalue weighted by Crippen LogP contribution is 2.12. The van der Waals surface area contributed by atoms with Crippen LogP contribution < -0.4 is 0 Å². The van der Waals surface area contributed by atoms with Gasteiger partial charge < -0.3 is 4.84 Å². The summed E-state index contributed by atoms with van der Waals surface area (Å²) in [6.45, 7) is -1.48. The molecule has 1 saturated heterocycles. The van der Waals surface area contributed by atoms with Crippen molar-refractivity contribution in [2.75, 3.05) is 13.1 Å². The van der Waals surface area contributed by atoms with Crippen LogP contribution in [0, 0.1) is 30.3 Å². The van der Waals surface area contributed by atoms with Crippen molar-refractivity contribution in [3.63, 3.8) is 0 Å². The topological polar surface area (TPSA) is 162 Å². The third-order valence-corrected chi connectivity index (χ3v) is 1.82. The lowest BCUT2D eigenvalue weighted by atomic mass is 10.3. The van der Waals surface area contributed by atoms with Gasteiger partial charge in [0, 0.05) is 0 Å². The normalized spacial score (nSPS) is 16.8. The Kier molecular flexibility index (Phi) is 3.21. The molecule has 1 aliphatic heterocycles. The number of hydrazine groups is 2. The number of nitrogens with zero attached hydrogens (tertiary/aromatic N) is 5. The van der Waals surface area contributed by atoms with Gasteiger partial charge in [0.1, 0.15) is 13.1 Å². The molecule has 94 valence electrons. The van der Waals surface area contributed by atoms with Crippen molar-refractivity contribution in [1.82, 2.24) is 10.0 Å². The van der Waals surface area contributed by atoms with Gasteiger partial charge in [-0.1, -0.05) is 0 Å². The molecular weight excluding hydrogens is 246 g/mol. The number of nitro groups is 2. The molecule has 0 atom stereocenters. The minimum atomic E-state index is -1.48. The van der Waals surface area contributed by atoms with Crippen LogP contribution in [0.1, 0.15) is 0 Å². The van der Waals surface area contributed by atoms with E-state index >= 15 is 0 Å². The van der Waals surface area contributed by atoms with Gasteiger partial charge in [0.05, 0.1) is 0 Å². The summed E-state index contributed by atoms with van der Waals surface area (Å²) < 4.78 is 0. The van der Waals surface area contributed by atoms with E-state index in [9.17, 15) is 35.1 Å². The Morgan fingerprint density at radius 2 is 1.47 bits per heavy atom. The molecule has 0 N–H and O–H groups in total. The first-order chi connectivity index (χ1) is 7.82. The second kappa shape index (κ2) is 4.42. The highest BCUT2D eigenvalue weighted by molar-refractivity contribution is 5.72. The summed E-state index contributed by atoms with van der Waals surface area (Å²) in [5.74, 6) is 0. The van der Waals surface area contributed by atoms with Crippen LogP contribution in [0.2, 0.25) is 0 Å². The van der Waals surface area contributed by atoms with Crippen LogP contribution in [0.4, 0.5) is 4.79 Å². The second-order valence-electron chi connectivity index (χ2n) is 2.87. The van der Waals surface area contributed by atoms with Crippen molar-refractivity contribution in [2.24, 2.45) is 0 Å². The molecule has 0 aromatic rings. The summed E-state index contributed by atoms with van der Waals surface area (Å²) in [6.07, 6.45) is -1.46. The van der Waals surface area contributed by atoms with E-state index < -0.39 is 40.4 Å². The molecule has 1 fully saturated rings. The van der Waals surface area contributed by atoms with Gasteiger partial charge in [-0.25, -0.2) is 25.0 Å². The Morgan fingerprint density at radius 3 is 1.76 bits per heavy atom. The van der Waals surface area contributed by atoms with E-state index in [0.717, 1.165) is 0 Å². The van der Waals surface area contributed by atoms with E-state index in [1.54, 1.807) is 0 Å². The lowest BCUT2D eigenvalue weighted by Gasteiger charge is -2.26. The van der Waals surface area contributed by atoms with Crippen LogP contribution in [0.3, 0.4) is 0 Å². The zero-order valence-electron chi connectivity index (χ0n) is 7.99. The molecule has 13 nitrogen and oxygen atoms in total. The number of urea groups is 1. The predicted octanol–water partition coefficient (Wildman–Crippen LogP) is -1.32. The molecule has 0 bridgehead atoms. The number of amides is 2. The molecule has 0 unspecified atom stereocenters. The number of carbonyl (C=O) groups is 1. The maximum absolute atomic E-state index is 11.2. The SMILES string of the molecule is O=C1N([N+](=O)[O-])CC(O[N+](=O)[O-])CN1[N+](=O)[O-]. The van der Waals surface area contributed by atoms with E-state index in [0.29, 0.717) is 0 Å². The van der Waals surface area contributed by atoms with Gasteiger partial charge in [-0.3, -0.25) is 0 Å². The highest BCUT2D eigenvalue weighted by atomic mass is 17.0. The molecule has 1 aliphatic rings. The van der Waals surface area contributed by atoms with E-state index in [4.69, 9.17) is 0 Å². The lowest BCUT2D eigenvalue weighted by Crippen LogP contribution is -2.59. The van der Waals surface area contributed by atoms with Crippen molar-refractivity contribution < 1.29 is 24.8 Å². The number of hydrogen-bond donors (Lipinski definition) is 0. The quantitative estimate of drug-likeness (QED) is 0.438. The van der Waals surface area contributed by atoms with Crippen LogP contribution in [0.25, 0.3) is 0 Å². The average molecular weight is 251 g/mol. The summed E-state index contributed by atoms with van der Waals surface area (Å²) in [7, 11) is 0. The van der Waals surface area contributed by atoms with Crippen molar-refractivity contribution in [3.05, 3.63) is 30.3 Å². The molecule has 17 heavy (non-hydrogen) atoms. The van der Waals surface area contributed by atoms with Gasteiger partial charge in [0.15, 0.2) is 16.2 Å². The molecule has 0 aliphatic carbocycles. The van der Waals surface area contributed by atoms with Crippen molar-refractivity contribution >= 4 is 6.03 Å².